The van der Waals surface area contributed by atoms with Crippen molar-refractivity contribution in [2.45, 2.75) is 39.3 Å². The Hall–Kier alpha value is -1.92. The van der Waals surface area contributed by atoms with Gasteiger partial charge in [-0.05, 0) is 25.0 Å². The second-order valence-corrected chi connectivity index (χ2v) is 5.57. The Morgan fingerprint density at radius 2 is 1.96 bits per heavy atom. The number of hydrogen-bond donors (Lipinski definition) is 2. The summed E-state index contributed by atoms with van der Waals surface area (Å²) in [5.41, 5.74) is 7.57. The Bertz CT molecular complexity index is 616. The van der Waals surface area contributed by atoms with Crippen LogP contribution in [0.3, 0.4) is 0 Å². The lowest BCUT2D eigenvalue weighted by molar-refractivity contribution is -0.124. The molecule has 1 amide bonds. The molecule has 0 aliphatic carbocycles. The second-order valence-electron chi connectivity index (χ2n) is 5.57. The average molecular weight is 338 g/mol. The van der Waals surface area contributed by atoms with Crippen LogP contribution in [-0.4, -0.2) is 26.9 Å². The van der Waals surface area contributed by atoms with Crippen LogP contribution in [0.1, 0.15) is 38.9 Å². The number of aromatic nitrogens is 3. The van der Waals surface area contributed by atoms with Crippen molar-refractivity contribution in [1.82, 2.24) is 20.3 Å². The highest BCUT2D eigenvalue weighted by molar-refractivity contribution is 5.85. The van der Waals surface area contributed by atoms with Gasteiger partial charge in [-0.25, -0.2) is 4.68 Å². The summed E-state index contributed by atoms with van der Waals surface area (Å²) < 4.78 is 1.69. The molecule has 2 rings (SSSR count). The van der Waals surface area contributed by atoms with E-state index in [2.05, 4.69) is 15.6 Å². The van der Waals surface area contributed by atoms with Crippen molar-refractivity contribution in [2.24, 2.45) is 11.7 Å². The predicted molar refractivity (Wildman–Crippen MR) is 92.6 cm³/mol. The molecule has 23 heavy (non-hydrogen) atoms. The first-order chi connectivity index (χ1) is 10.5. The minimum absolute atomic E-state index is 0. The van der Waals surface area contributed by atoms with Crippen molar-refractivity contribution in [3.63, 3.8) is 0 Å². The molecule has 1 aromatic carbocycles. The van der Waals surface area contributed by atoms with Crippen molar-refractivity contribution < 1.29 is 4.79 Å². The van der Waals surface area contributed by atoms with Crippen LogP contribution in [0.5, 0.6) is 0 Å². The van der Waals surface area contributed by atoms with Gasteiger partial charge in [0.25, 0.3) is 0 Å². The first kappa shape index (κ1) is 19.1. The lowest BCUT2D eigenvalue weighted by Gasteiger charge is -2.20. The van der Waals surface area contributed by atoms with Crippen molar-refractivity contribution in [3.05, 3.63) is 42.2 Å². The molecule has 0 saturated heterocycles. The van der Waals surface area contributed by atoms with Gasteiger partial charge in [-0.3, -0.25) is 4.79 Å². The molecule has 0 fully saturated rings. The highest BCUT2D eigenvalue weighted by Crippen LogP contribution is 2.13. The van der Waals surface area contributed by atoms with Crippen LogP contribution in [0.2, 0.25) is 0 Å². The Balaban J connectivity index is 0.00000264. The fraction of sp³-hybridized carbons (Fsp3) is 0.438. The molecule has 7 heteroatoms. The van der Waals surface area contributed by atoms with E-state index < -0.39 is 6.04 Å². The van der Waals surface area contributed by atoms with Gasteiger partial charge in [-0.15, -0.1) is 17.5 Å². The maximum atomic E-state index is 12.1. The van der Waals surface area contributed by atoms with Crippen molar-refractivity contribution >= 4 is 18.3 Å². The Morgan fingerprint density at radius 3 is 2.57 bits per heavy atom. The summed E-state index contributed by atoms with van der Waals surface area (Å²) in [6.45, 7) is 5.87. The average Bonchev–Trinajstić information content (AvgIpc) is 3.04. The van der Waals surface area contributed by atoms with E-state index in [-0.39, 0.29) is 30.3 Å². The van der Waals surface area contributed by atoms with Crippen LogP contribution in [0.4, 0.5) is 0 Å². The molecule has 0 aliphatic rings. The summed E-state index contributed by atoms with van der Waals surface area (Å²) in [7, 11) is 0. The van der Waals surface area contributed by atoms with Gasteiger partial charge in [-0.1, -0.05) is 43.7 Å². The summed E-state index contributed by atoms with van der Waals surface area (Å²) in [5, 5.41) is 11.1. The zero-order valence-corrected chi connectivity index (χ0v) is 14.5. The molecule has 6 nitrogen and oxygen atoms in total. The van der Waals surface area contributed by atoms with E-state index in [1.54, 1.807) is 4.68 Å². The fourth-order valence-corrected chi connectivity index (χ4v) is 2.08. The summed E-state index contributed by atoms with van der Waals surface area (Å²) in [6.07, 6.45) is 2.68. The summed E-state index contributed by atoms with van der Waals surface area (Å²) in [4.78, 5) is 12.1. The zero-order chi connectivity index (χ0) is 16.1. The van der Waals surface area contributed by atoms with Gasteiger partial charge in [-0.2, -0.15) is 0 Å². The monoisotopic (exact) mass is 337 g/mol. The van der Waals surface area contributed by atoms with Crippen LogP contribution in [0, 0.1) is 5.92 Å². The highest BCUT2D eigenvalue weighted by Gasteiger charge is 2.22. The number of benzene rings is 1. The second kappa shape index (κ2) is 8.64. The number of nitrogens with one attached hydrogen (secondary N) is 1. The first-order valence-corrected chi connectivity index (χ1v) is 7.56. The van der Waals surface area contributed by atoms with Crippen LogP contribution in [0.25, 0.3) is 5.69 Å². The van der Waals surface area contributed by atoms with E-state index in [1.165, 1.54) is 0 Å². The Morgan fingerprint density at radius 1 is 1.30 bits per heavy atom. The number of hydrogen-bond acceptors (Lipinski definition) is 4. The Kier molecular flexibility index (Phi) is 7.19. The molecule has 0 radical (unpaired) electrons. The van der Waals surface area contributed by atoms with Gasteiger partial charge in [0.2, 0.25) is 5.91 Å². The third kappa shape index (κ3) is 4.77. The van der Waals surface area contributed by atoms with Crippen LogP contribution >= 0.6 is 12.4 Å². The number of carbonyl (C=O) groups excluding carboxylic acids is 1. The van der Waals surface area contributed by atoms with Crippen LogP contribution in [0.15, 0.2) is 36.5 Å². The quantitative estimate of drug-likeness (QED) is 0.846. The summed E-state index contributed by atoms with van der Waals surface area (Å²) >= 11 is 0. The van der Waals surface area contributed by atoms with Gasteiger partial charge >= 0.3 is 0 Å². The van der Waals surface area contributed by atoms with E-state index in [9.17, 15) is 4.79 Å². The lowest BCUT2D eigenvalue weighted by Crippen LogP contribution is -2.45. The maximum Gasteiger partial charge on any atom is 0.237 e. The van der Waals surface area contributed by atoms with Gasteiger partial charge in [0.1, 0.15) is 5.69 Å². The number of rotatable bonds is 6. The van der Waals surface area contributed by atoms with Crippen LogP contribution in [-0.2, 0) is 4.79 Å². The van der Waals surface area contributed by atoms with Crippen molar-refractivity contribution in [2.75, 3.05) is 0 Å². The van der Waals surface area contributed by atoms with E-state index >= 15 is 0 Å². The molecule has 1 heterocycles. The normalized spacial score (nSPS) is 14.4. The van der Waals surface area contributed by atoms with E-state index in [1.807, 2.05) is 57.3 Å². The molecule has 2 aromatic rings. The third-order valence-corrected chi connectivity index (χ3v) is 3.89. The molecule has 0 aliphatic heterocycles. The SMILES string of the molecule is CCC(C)C(N)C(=O)NC(C)c1cn(-c2ccccc2)nn1.Cl. The van der Waals surface area contributed by atoms with Crippen molar-refractivity contribution in [1.29, 1.82) is 0 Å². The molecule has 0 spiro atoms. The number of nitrogens with two attached hydrogens (primary N) is 1. The molecule has 3 atom stereocenters. The molecular weight excluding hydrogens is 314 g/mol. The van der Waals surface area contributed by atoms with E-state index in [0.717, 1.165) is 12.1 Å². The van der Waals surface area contributed by atoms with Gasteiger partial charge in [0, 0.05) is 0 Å². The molecule has 0 saturated carbocycles. The number of carbonyl (C=O) groups is 1. The molecule has 126 valence electrons. The standard InChI is InChI=1S/C16H23N5O.ClH/c1-4-11(2)15(17)16(22)18-12(3)14-10-21(20-19-14)13-8-6-5-7-9-13;/h5-12,15H,4,17H2,1-3H3,(H,18,22);1H. The van der Waals surface area contributed by atoms with E-state index in [0.29, 0.717) is 5.69 Å². The van der Waals surface area contributed by atoms with Crippen LogP contribution < -0.4 is 11.1 Å². The zero-order valence-electron chi connectivity index (χ0n) is 13.6. The molecular formula is C16H24ClN5O. The Labute approximate surface area is 142 Å². The summed E-state index contributed by atoms with van der Waals surface area (Å²) in [5.74, 6) is -0.0108. The van der Waals surface area contributed by atoms with Gasteiger partial charge in [0.05, 0.1) is 24.0 Å². The lowest BCUT2D eigenvalue weighted by atomic mass is 9.99. The molecule has 3 unspecified atom stereocenters. The fourth-order valence-electron chi connectivity index (χ4n) is 2.08. The number of nitrogens with zero attached hydrogens (tertiary/aromatic N) is 3. The van der Waals surface area contributed by atoms with E-state index in [4.69, 9.17) is 5.73 Å². The largest absolute Gasteiger partial charge is 0.347 e. The van der Waals surface area contributed by atoms with Crippen molar-refractivity contribution in [3.8, 4) is 5.69 Å². The van der Waals surface area contributed by atoms with Gasteiger partial charge < -0.3 is 11.1 Å². The third-order valence-electron chi connectivity index (χ3n) is 3.89. The number of para-hydroxylation sites is 1. The van der Waals surface area contributed by atoms with Gasteiger partial charge in [0.15, 0.2) is 0 Å². The number of halogens is 1. The molecule has 1 aromatic heterocycles. The highest BCUT2D eigenvalue weighted by atomic mass is 35.5. The number of amides is 1. The summed E-state index contributed by atoms with van der Waals surface area (Å²) in [6, 6.07) is 8.97. The molecule has 3 N–H and O–H groups in total. The minimum atomic E-state index is -0.503. The predicted octanol–water partition coefficient (Wildman–Crippen LogP) is 2.24. The topological polar surface area (TPSA) is 85.8 Å². The minimum Gasteiger partial charge on any atom is -0.347 e. The first-order valence-electron chi connectivity index (χ1n) is 7.56. The maximum absolute atomic E-state index is 12.1. The molecule has 0 bridgehead atoms. The smallest absolute Gasteiger partial charge is 0.237 e.